The first kappa shape index (κ1) is 21.6. The molecule has 0 atom stereocenters. The highest BCUT2D eigenvalue weighted by molar-refractivity contribution is 8.17. The highest BCUT2D eigenvalue weighted by atomic mass is 35.7. The van der Waals surface area contributed by atoms with Gasteiger partial charge in [0, 0.05) is 21.4 Å². The van der Waals surface area contributed by atoms with Crippen LogP contribution in [0, 0.1) is 5.39 Å². The van der Waals surface area contributed by atoms with E-state index in [1.807, 2.05) is 0 Å². The van der Waals surface area contributed by atoms with Gasteiger partial charge in [-0.3, -0.25) is 5.22 Å². The number of hydrogen-bond acceptors (Lipinski definition) is 7. The molecule has 28 heavy (non-hydrogen) atoms. The van der Waals surface area contributed by atoms with Gasteiger partial charge in [0.25, 0.3) is 23.5 Å². The Bertz CT molecular complexity index is 1230. The minimum atomic E-state index is -4.19. The van der Waals surface area contributed by atoms with Crippen molar-refractivity contribution in [3.8, 4) is 0 Å². The third-order valence-electron chi connectivity index (χ3n) is 3.28. The lowest BCUT2D eigenvalue weighted by Crippen LogP contribution is -2.07. The average molecular weight is 459 g/mol. The molecule has 2 aliphatic carbocycles. The second kappa shape index (κ2) is 8.53. The normalized spacial score (nSPS) is 23.0. The Labute approximate surface area is 168 Å². The summed E-state index contributed by atoms with van der Waals surface area (Å²) >= 11 is 0. The highest BCUT2D eigenvalue weighted by Crippen LogP contribution is 2.29. The Morgan fingerprint density at radius 2 is 1.36 bits per heavy atom. The number of allylic oxidation sites excluding steroid dienone is 10. The summed E-state index contributed by atoms with van der Waals surface area (Å²) in [5, 5.41) is 20.2. The molecule has 10 nitrogen and oxygen atoms in total. The van der Waals surface area contributed by atoms with Crippen LogP contribution in [0.2, 0.25) is 0 Å². The molecule has 0 spiro atoms. The smallest absolute Gasteiger partial charge is 0.339 e. The molecule has 0 fully saturated rings. The van der Waals surface area contributed by atoms with E-state index in [1.165, 1.54) is 36.5 Å². The monoisotopic (exact) mass is 458 g/mol. The third-order valence-corrected chi connectivity index (χ3v) is 6.04. The van der Waals surface area contributed by atoms with Crippen LogP contribution < -0.4 is 0 Å². The molecule has 0 amide bonds. The van der Waals surface area contributed by atoms with Crippen LogP contribution in [0.25, 0.3) is 10.6 Å². The van der Waals surface area contributed by atoms with Gasteiger partial charge >= 0.3 is 5.08 Å². The van der Waals surface area contributed by atoms with E-state index in [4.69, 9.17) is 32.3 Å². The fraction of sp³-hybridized carbons (Fsp3) is 0. The molecule has 2 aliphatic rings. The molecule has 144 valence electrons. The summed E-state index contributed by atoms with van der Waals surface area (Å²) in [6.07, 6.45) is 10.1. The van der Waals surface area contributed by atoms with E-state index in [9.17, 15) is 16.8 Å². The Morgan fingerprint density at radius 1 is 0.893 bits per heavy atom. The Balaban J connectivity index is 2.57. The number of hydrogen-bond donors (Lipinski definition) is 0. The van der Waals surface area contributed by atoms with Crippen molar-refractivity contribution in [2.24, 2.45) is 15.4 Å². The van der Waals surface area contributed by atoms with Crippen molar-refractivity contribution in [2.45, 2.75) is 0 Å². The molecule has 2 rings (SSSR count). The predicted octanol–water partition coefficient (Wildman–Crippen LogP) is 3.47. The van der Waals surface area contributed by atoms with Crippen LogP contribution in [0.5, 0.6) is 0 Å². The van der Waals surface area contributed by atoms with Crippen molar-refractivity contribution < 1.29 is 16.8 Å². The van der Waals surface area contributed by atoms with Gasteiger partial charge in [0.15, 0.2) is 10.8 Å². The maximum atomic E-state index is 11.8. The van der Waals surface area contributed by atoms with Gasteiger partial charge in [-0.2, -0.15) is 0 Å². The molecule has 0 bridgehead atoms. The Hall–Kier alpha value is -2.72. The largest absolute Gasteiger partial charge is 0.362 e. The van der Waals surface area contributed by atoms with Gasteiger partial charge in [-0.15, -0.1) is 0 Å². The van der Waals surface area contributed by atoms with E-state index in [1.54, 1.807) is 0 Å². The topological polar surface area (TPSA) is 156 Å². The quantitative estimate of drug-likeness (QED) is 0.272. The van der Waals surface area contributed by atoms with Gasteiger partial charge in [-0.1, -0.05) is 30.4 Å². The molecule has 0 unspecified atom stereocenters. The lowest BCUT2D eigenvalue weighted by atomic mass is 10.0. The molecule has 0 aromatic carbocycles. The van der Waals surface area contributed by atoms with E-state index in [0.717, 1.165) is 12.2 Å². The van der Waals surface area contributed by atoms with Gasteiger partial charge in [0.1, 0.15) is 0 Å². The summed E-state index contributed by atoms with van der Waals surface area (Å²) in [5.74, 6) is 0. The zero-order valence-corrected chi connectivity index (χ0v) is 16.7. The van der Waals surface area contributed by atoms with Crippen molar-refractivity contribution in [2.75, 3.05) is 0 Å². The first-order chi connectivity index (χ1) is 13.1. The van der Waals surface area contributed by atoms with Crippen LogP contribution in [0.4, 0.5) is 0 Å². The summed E-state index contributed by atoms with van der Waals surface area (Å²) in [6, 6.07) is 0. The van der Waals surface area contributed by atoms with Crippen LogP contribution in [0.3, 0.4) is 0 Å². The lowest BCUT2D eigenvalue weighted by Gasteiger charge is -2.12. The molecule has 0 aromatic heterocycles. The lowest BCUT2D eigenvalue weighted by molar-refractivity contribution is 0.613. The van der Waals surface area contributed by atoms with Gasteiger partial charge in [-0.05, 0) is 35.1 Å². The summed E-state index contributed by atoms with van der Waals surface area (Å²) in [7, 11) is 2.45. The zero-order chi connectivity index (χ0) is 20.9. The van der Waals surface area contributed by atoms with E-state index in [0.29, 0.717) is 0 Å². The molecule has 0 N–H and O–H groups in total. The van der Waals surface area contributed by atoms with Crippen LogP contribution in [-0.4, -0.2) is 28.3 Å². The van der Waals surface area contributed by atoms with Crippen molar-refractivity contribution in [3.63, 3.8) is 0 Å². The molecular formula is C14H8Cl2N6O4S2. The second-order valence-corrected chi connectivity index (χ2v) is 10.1. The van der Waals surface area contributed by atoms with E-state index < -0.39 is 18.1 Å². The molecule has 0 saturated carbocycles. The predicted molar refractivity (Wildman–Crippen MR) is 106 cm³/mol. The van der Waals surface area contributed by atoms with Crippen molar-refractivity contribution >= 4 is 50.9 Å². The van der Waals surface area contributed by atoms with Crippen LogP contribution >= 0.6 is 21.4 Å². The molecule has 0 aromatic rings. The van der Waals surface area contributed by atoms with E-state index in [-0.39, 0.29) is 32.4 Å². The minimum absolute atomic E-state index is 0.0293. The van der Waals surface area contributed by atoms with Crippen molar-refractivity contribution in [1.82, 2.24) is 0 Å². The summed E-state index contributed by atoms with van der Waals surface area (Å²) in [5.41, 5.74) is 8.75. The summed E-state index contributed by atoms with van der Waals surface area (Å²) in [4.78, 5) is -0.674. The van der Waals surface area contributed by atoms with Gasteiger partial charge in [-0.25, -0.2) is 16.8 Å². The number of rotatable bonds is 4. The van der Waals surface area contributed by atoms with Crippen molar-refractivity contribution in [1.29, 1.82) is 5.39 Å². The highest BCUT2D eigenvalue weighted by Gasteiger charge is 2.23. The minimum Gasteiger partial charge on any atom is -0.362 e. The molecule has 0 saturated heterocycles. The summed E-state index contributed by atoms with van der Waals surface area (Å²) in [6.45, 7) is 0. The SMILES string of the molecule is N#[N+]N=C1C=CC(=CC=C2C=CC(=NN=[N-])C=C2S(=O)(=O)Cl)C(S(=O)(=O)Cl)=C1. The van der Waals surface area contributed by atoms with Gasteiger partial charge < -0.3 is 10.6 Å². The fourth-order valence-corrected chi connectivity index (χ4v) is 4.31. The average Bonchev–Trinajstić information content (AvgIpc) is 2.60. The first-order valence-electron chi connectivity index (χ1n) is 7.02. The Morgan fingerprint density at radius 3 is 1.79 bits per heavy atom. The number of halogens is 2. The second-order valence-electron chi connectivity index (χ2n) is 5.03. The number of diazo groups is 1. The standard InChI is InChI=1S/C14H8Cl2N6O4S2/c15-27(23,24)13-7-11(19-21-17)5-3-9(13)1-2-10-4-6-12(20-22-18)8-14(10)28(16,25)26/h1-8H. The van der Waals surface area contributed by atoms with Gasteiger partial charge in [0.2, 0.25) is 0 Å². The van der Waals surface area contributed by atoms with Crippen molar-refractivity contribution in [3.05, 3.63) is 80.2 Å². The molecule has 0 radical (unpaired) electrons. The van der Waals surface area contributed by atoms with Gasteiger partial charge in [0.05, 0.1) is 9.81 Å². The van der Waals surface area contributed by atoms with Crippen LogP contribution in [0.1, 0.15) is 0 Å². The summed E-state index contributed by atoms with van der Waals surface area (Å²) < 4.78 is 47.2. The molecular weight excluding hydrogens is 451 g/mol. The number of nitrogens with zero attached hydrogens (tertiary/aromatic N) is 6. The molecule has 0 aliphatic heterocycles. The van der Waals surface area contributed by atoms with Crippen LogP contribution in [-0.2, 0) is 18.1 Å². The maximum absolute atomic E-state index is 11.8. The first-order valence-corrected chi connectivity index (χ1v) is 11.6. The van der Waals surface area contributed by atoms with E-state index in [2.05, 4.69) is 20.5 Å². The third kappa shape index (κ3) is 5.40. The molecule has 0 heterocycles. The maximum Gasteiger partial charge on any atom is 0.339 e. The zero-order valence-electron chi connectivity index (χ0n) is 13.5. The van der Waals surface area contributed by atoms with E-state index >= 15 is 0 Å². The molecule has 14 heteroatoms. The van der Waals surface area contributed by atoms with Crippen LogP contribution in [0.15, 0.2) is 85.0 Å². The Kier molecular flexibility index (Phi) is 6.57. The fourth-order valence-electron chi connectivity index (χ4n) is 2.15.